The van der Waals surface area contributed by atoms with Crippen LogP contribution < -0.4 is 10.2 Å². The third kappa shape index (κ3) is 3.74. The van der Waals surface area contributed by atoms with Crippen LogP contribution in [0.4, 0.5) is 17.6 Å². The Labute approximate surface area is 141 Å². The SMILES string of the molecule is CC1N=C(c2ccc(F)c(-c3ccccc3OC(F)(F)F)c2)N(C)N1. The van der Waals surface area contributed by atoms with E-state index in [0.29, 0.717) is 11.4 Å². The van der Waals surface area contributed by atoms with Gasteiger partial charge < -0.3 is 4.74 Å². The molecule has 1 heterocycles. The molecule has 2 aromatic rings. The molecule has 0 saturated carbocycles. The lowest BCUT2D eigenvalue weighted by atomic mass is 10.0. The summed E-state index contributed by atoms with van der Waals surface area (Å²) in [6.45, 7) is 1.85. The lowest BCUT2D eigenvalue weighted by Crippen LogP contribution is -2.36. The second-order valence-electron chi connectivity index (χ2n) is 5.56. The average Bonchev–Trinajstić information content (AvgIpc) is 2.86. The molecule has 0 saturated heterocycles. The van der Waals surface area contributed by atoms with Crippen molar-refractivity contribution in [2.24, 2.45) is 4.99 Å². The molecule has 3 rings (SSSR count). The van der Waals surface area contributed by atoms with Crippen molar-refractivity contribution in [1.29, 1.82) is 0 Å². The minimum Gasteiger partial charge on any atom is -0.405 e. The normalized spacial score (nSPS) is 17.6. The van der Waals surface area contributed by atoms with Gasteiger partial charge >= 0.3 is 6.36 Å². The summed E-state index contributed by atoms with van der Waals surface area (Å²) in [6.07, 6.45) is -5.01. The summed E-state index contributed by atoms with van der Waals surface area (Å²) in [5.74, 6) is -0.536. The highest BCUT2D eigenvalue weighted by atomic mass is 19.4. The number of hydrogen-bond acceptors (Lipinski definition) is 4. The van der Waals surface area contributed by atoms with Gasteiger partial charge in [0.15, 0.2) is 0 Å². The lowest BCUT2D eigenvalue weighted by Gasteiger charge is -2.17. The average molecular weight is 353 g/mol. The fourth-order valence-corrected chi connectivity index (χ4v) is 2.68. The van der Waals surface area contributed by atoms with Crippen LogP contribution in [0.5, 0.6) is 5.75 Å². The molecular formula is C17H15F4N3O. The number of para-hydroxylation sites is 1. The van der Waals surface area contributed by atoms with E-state index in [1.54, 1.807) is 12.1 Å². The molecule has 4 nitrogen and oxygen atoms in total. The van der Waals surface area contributed by atoms with E-state index in [9.17, 15) is 17.6 Å². The number of halogens is 4. The van der Waals surface area contributed by atoms with E-state index in [0.717, 1.165) is 6.07 Å². The molecule has 0 aromatic heterocycles. The number of hydrazine groups is 1. The van der Waals surface area contributed by atoms with Gasteiger partial charge in [-0.3, -0.25) is 5.01 Å². The Kier molecular flexibility index (Phi) is 4.38. The Bertz CT molecular complexity index is 820. The minimum atomic E-state index is -4.86. The smallest absolute Gasteiger partial charge is 0.405 e. The number of nitrogens with zero attached hydrogens (tertiary/aromatic N) is 2. The number of alkyl halides is 3. The van der Waals surface area contributed by atoms with E-state index in [1.807, 2.05) is 6.92 Å². The Morgan fingerprint density at radius 1 is 1.12 bits per heavy atom. The summed E-state index contributed by atoms with van der Waals surface area (Å²) in [6, 6.07) is 9.64. The van der Waals surface area contributed by atoms with Gasteiger partial charge in [0.25, 0.3) is 0 Å². The van der Waals surface area contributed by atoms with Gasteiger partial charge in [-0.1, -0.05) is 18.2 Å². The van der Waals surface area contributed by atoms with Gasteiger partial charge in [0.1, 0.15) is 23.6 Å². The molecule has 8 heteroatoms. The standard InChI is InChI=1S/C17H15F4N3O/c1-10-22-16(24(2)23-10)11-7-8-14(18)13(9-11)12-5-3-4-6-15(12)25-17(19,20)21/h3-10,23H,1-2H3. The Hall–Kier alpha value is -2.61. The Morgan fingerprint density at radius 3 is 2.48 bits per heavy atom. The molecule has 1 unspecified atom stereocenters. The number of amidine groups is 1. The van der Waals surface area contributed by atoms with Gasteiger partial charge in [-0.25, -0.2) is 14.8 Å². The predicted molar refractivity (Wildman–Crippen MR) is 85.4 cm³/mol. The maximum Gasteiger partial charge on any atom is 0.573 e. The van der Waals surface area contributed by atoms with Crippen molar-refractivity contribution in [1.82, 2.24) is 10.4 Å². The number of hydrogen-bond donors (Lipinski definition) is 1. The van der Waals surface area contributed by atoms with Crippen LogP contribution in [0.1, 0.15) is 12.5 Å². The van der Waals surface area contributed by atoms with Crippen LogP contribution in [0.3, 0.4) is 0 Å². The second kappa shape index (κ2) is 6.36. The molecule has 0 amide bonds. The second-order valence-corrected chi connectivity index (χ2v) is 5.56. The van der Waals surface area contributed by atoms with Gasteiger partial charge in [0.05, 0.1) is 0 Å². The molecule has 1 N–H and O–H groups in total. The number of benzene rings is 2. The van der Waals surface area contributed by atoms with E-state index >= 15 is 0 Å². The maximum absolute atomic E-state index is 14.3. The molecule has 25 heavy (non-hydrogen) atoms. The fraction of sp³-hybridized carbons (Fsp3) is 0.235. The first-order chi connectivity index (χ1) is 11.7. The predicted octanol–water partition coefficient (Wildman–Crippen LogP) is 3.93. The van der Waals surface area contributed by atoms with Gasteiger partial charge in [0, 0.05) is 23.7 Å². The number of ether oxygens (including phenoxy) is 1. The zero-order valence-electron chi connectivity index (χ0n) is 13.4. The molecule has 0 radical (unpaired) electrons. The lowest BCUT2D eigenvalue weighted by molar-refractivity contribution is -0.274. The molecule has 1 atom stereocenters. The largest absolute Gasteiger partial charge is 0.573 e. The first kappa shape index (κ1) is 17.2. The molecule has 0 spiro atoms. The third-order valence-electron chi connectivity index (χ3n) is 3.64. The van der Waals surface area contributed by atoms with Crippen LogP contribution in [0.25, 0.3) is 11.1 Å². The van der Waals surface area contributed by atoms with Crippen molar-refractivity contribution in [3.05, 3.63) is 53.8 Å². The van der Waals surface area contributed by atoms with Crippen LogP contribution in [0.15, 0.2) is 47.5 Å². The summed E-state index contributed by atoms with van der Waals surface area (Å²) in [7, 11) is 1.76. The van der Waals surface area contributed by atoms with Crippen LogP contribution >= 0.6 is 0 Å². The highest BCUT2D eigenvalue weighted by molar-refractivity contribution is 6.00. The highest BCUT2D eigenvalue weighted by Gasteiger charge is 2.32. The van der Waals surface area contributed by atoms with Crippen molar-refractivity contribution < 1.29 is 22.3 Å². The van der Waals surface area contributed by atoms with Crippen molar-refractivity contribution in [3.63, 3.8) is 0 Å². The zero-order chi connectivity index (χ0) is 18.2. The number of aliphatic imine (C=N–C) groups is 1. The third-order valence-corrected chi connectivity index (χ3v) is 3.64. The molecule has 0 fully saturated rings. The van der Waals surface area contributed by atoms with Gasteiger partial charge in [-0.2, -0.15) is 0 Å². The maximum atomic E-state index is 14.3. The highest BCUT2D eigenvalue weighted by Crippen LogP contribution is 2.35. The van der Waals surface area contributed by atoms with Crippen LogP contribution in [0.2, 0.25) is 0 Å². The molecule has 1 aliphatic heterocycles. The summed E-state index contributed by atoms with van der Waals surface area (Å²) in [5.41, 5.74) is 3.65. The monoisotopic (exact) mass is 353 g/mol. The molecule has 0 bridgehead atoms. The van der Waals surface area contributed by atoms with E-state index in [-0.39, 0.29) is 17.3 Å². The topological polar surface area (TPSA) is 36.9 Å². The van der Waals surface area contributed by atoms with E-state index in [4.69, 9.17) is 0 Å². The molecule has 1 aliphatic rings. The van der Waals surface area contributed by atoms with Gasteiger partial charge in [-0.15, -0.1) is 13.2 Å². The Morgan fingerprint density at radius 2 is 1.84 bits per heavy atom. The molecule has 2 aromatic carbocycles. The van der Waals surface area contributed by atoms with Crippen LogP contribution in [-0.4, -0.2) is 30.4 Å². The van der Waals surface area contributed by atoms with E-state index in [1.165, 1.54) is 36.4 Å². The summed E-state index contributed by atoms with van der Waals surface area (Å²) >= 11 is 0. The van der Waals surface area contributed by atoms with Crippen LogP contribution in [0, 0.1) is 5.82 Å². The zero-order valence-corrected chi connectivity index (χ0v) is 13.4. The summed E-state index contributed by atoms with van der Waals surface area (Å²) < 4.78 is 56.2. The van der Waals surface area contributed by atoms with Gasteiger partial charge in [0.2, 0.25) is 0 Å². The van der Waals surface area contributed by atoms with Crippen molar-refractivity contribution >= 4 is 5.84 Å². The van der Waals surface area contributed by atoms with Crippen molar-refractivity contribution in [3.8, 4) is 16.9 Å². The van der Waals surface area contributed by atoms with Crippen molar-refractivity contribution in [2.45, 2.75) is 19.5 Å². The summed E-state index contributed by atoms with van der Waals surface area (Å²) in [5, 5.41) is 1.68. The van der Waals surface area contributed by atoms with Crippen molar-refractivity contribution in [2.75, 3.05) is 7.05 Å². The minimum absolute atomic E-state index is 0.00741. The quantitative estimate of drug-likeness (QED) is 0.850. The summed E-state index contributed by atoms with van der Waals surface area (Å²) in [4.78, 5) is 4.38. The van der Waals surface area contributed by atoms with E-state index in [2.05, 4.69) is 15.2 Å². The first-order valence-electron chi connectivity index (χ1n) is 7.47. The number of nitrogens with one attached hydrogen (secondary N) is 1. The van der Waals surface area contributed by atoms with Gasteiger partial charge in [-0.05, 0) is 31.2 Å². The first-order valence-corrected chi connectivity index (χ1v) is 7.47. The molecule has 0 aliphatic carbocycles. The Balaban J connectivity index is 2.07. The fourth-order valence-electron chi connectivity index (χ4n) is 2.68. The van der Waals surface area contributed by atoms with Crippen LogP contribution in [-0.2, 0) is 0 Å². The molecular weight excluding hydrogens is 338 g/mol. The molecule has 132 valence electrons. The van der Waals surface area contributed by atoms with E-state index < -0.39 is 17.9 Å². The number of rotatable bonds is 3.